The SMILES string of the molecule is CCCOc1ccc(/C(O)=C2\C(=O)C(=O)N(c3nc(C)c(C(=O)OC)s3)[C@@H]2c2ccc(O)cc2)cc1. The van der Waals surface area contributed by atoms with Crippen LogP contribution in [-0.2, 0) is 14.3 Å². The third-order valence-electron chi connectivity index (χ3n) is 5.62. The predicted octanol–water partition coefficient (Wildman–Crippen LogP) is 4.36. The van der Waals surface area contributed by atoms with Gasteiger partial charge in [-0.2, -0.15) is 0 Å². The molecule has 1 aromatic heterocycles. The van der Waals surface area contributed by atoms with E-state index in [2.05, 4.69) is 4.98 Å². The number of nitrogens with zero attached hydrogens (tertiary/aromatic N) is 2. The van der Waals surface area contributed by atoms with Crippen molar-refractivity contribution in [1.82, 2.24) is 4.98 Å². The molecule has 9 nitrogen and oxygen atoms in total. The molecule has 36 heavy (non-hydrogen) atoms. The fourth-order valence-electron chi connectivity index (χ4n) is 3.85. The highest BCUT2D eigenvalue weighted by Gasteiger charge is 2.48. The number of phenols is 1. The highest BCUT2D eigenvalue weighted by atomic mass is 32.1. The van der Waals surface area contributed by atoms with Gasteiger partial charge in [0.05, 0.1) is 31.0 Å². The van der Waals surface area contributed by atoms with E-state index < -0.39 is 23.7 Å². The minimum Gasteiger partial charge on any atom is -0.508 e. The zero-order valence-electron chi connectivity index (χ0n) is 19.8. The van der Waals surface area contributed by atoms with E-state index in [0.717, 1.165) is 22.7 Å². The summed E-state index contributed by atoms with van der Waals surface area (Å²) in [6.07, 6.45) is 0.839. The minimum absolute atomic E-state index is 0.00330. The van der Waals surface area contributed by atoms with Crippen molar-refractivity contribution < 1.29 is 34.1 Å². The second-order valence-corrected chi connectivity index (χ2v) is 9.01. The van der Waals surface area contributed by atoms with Crippen LogP contribution in [0, 0.1) is 6.92 Å². The van der Waals surface area contributed by atoms with E-state index in [0.29, 0.717) is 29.2 Å². The van der Waals surface area contributed by atoms with Gasteiger partial charge in [0, 0.05) is 5.56 Å². The number of amides is 1. The van der Waals surface area contributed by atoms with Crippen molar-refractivity contribution >= 4 is 39.9 Å². The Morgan fingerprint density at radius 2 is 1.78 bits per heavy atom. The number of aliphatic hydroxyl groups is 1. The lowest BCUT2D eigenvalue weighted by Crippen LogP contribution is -2.29. The Morgan fingerprint density at radius 1 is 1.11 bits per heavy atom. The monoisotopic (exact) mass is 508 g/mol. The summed E-state index contributed by atoms with van der Waals surface area (Å²) in [5.74, 6) is -2.17. The zero-order chi connectivity index (χ0) is 26.0. The number of aryl methyl sites for hydroxylation is 1. The Morgan fingerprint density at radius 3 is 2.39 bits per heavy atom. The Labute approximate surface area is 211 Å². The standard InChI is InChI=1S/C26H24N2O7S/c1-4-13-35-18-11-7-16(8-12-18)21(30)19-20(15-5-9-17(29)10-6-15)28(24(32)22(19)31)26-27-14(2)23(36-26)25(33)34-3/h5-12,20,29-30H,4,13H2,1-3H3/b21-19+/t20-/m1/s1. The number of ketones is 1. The van der Waals surface area contributed by atoms with E-state index in [-0.39, 0.29) is 27.1 Å². The molecule has 0 unspecified atom stereocenters. The lowest BCUT2D eigenvalue weighted by Gasteiger charge is -2.23. The van der Waals surface area contributed by atoms with Gasteiger partial charge in [0.1, 0.15) is 22.1 Å². The number of carbonyl (C=O) groups excluding carboxylic acids is 3. The third-order valence-corrected chi connectivity index (χ3v) is 6.75. The number of hydrogen-bond acceptors (Lipinski definition) is 9. The molecule has 0 bridgehead atoms. The highest BCUT2D eigenvalue weighted by Crippen LogP contribution is 2.44. The predicted molar refractivity (Wildman–Crippen MR) is 133 cm³/mol. The molecule has 2 heterocycles. The quantitative estimate of drug-likeness (QED) is 0.209. The molecule has 1 atom stereocenters. The van der Waals surface area contributed by atoms with Crippen LogP contribution >= 0.6 is 11.3 Å². The summed E-state index contributed by atoms with van der Waals surface area (Å²) in [7, 11) is 1.24. The summed E-state index contributed by atoms with van der Waals surface area (Å²) < 4.78 is 10.4. The number of aliphatic hydroxyl groups excluding tert-OH is 1. The smallest absolute Gasteiger partial charge is 0.350 e. The Balaban J connectivity index is 1.85. The zero-order valence-corrected chi connectivity index (χ0v) is 20.7. The topological polar surface area (TPSA) is 126 Å². The number of esters is 1. The van der Waals surface area contributed by atoms with E-state index in [1.54, 1.807) is 43.3 Å². The maximum atomic E-state index is 13.2. The van der Waals surface area contributed by atoms with Crippen LogP contribution in [0.5, 0.6) is 11.5 Å². The van der Waals surface area contributed by atoms with Crippen LogP contribution in [0.4, 0.5) is 5.13 Å². The van der Waals surface area contributed by atoms with Crippen LogP contribution in [0.1, 0.15) is 45.9 Å². The van der Waals surface area contributed by atoms with Gasteiger partial charge < -0.3 is 19.7 Å². The second-order valence-electron chi connectivity index (χ2n) is 8.04. The Hall–Kier alpha value is -4.18. The molecule has 0 spiro atoms. The molecule has 186 valence electrons. The number of carbonyl (C=O) groups is 3. The van der Waals surface area contributed by atoms with Gasteiger partial charge in [-0.25, -0.2) is 9.78 Å². The first-order valence-electron chi connectivity index (χ1n) is 11.2. The summed E-state index contributed by atoms with van der Waals surface area (Å²) in [4.78, 5) is 44.3. The van der Waals surface area contributed by atoms with Gasteiger partial charge in [0.15, 0.2) is 5.13 Å². The van der Waals surface area contributed by atoms with Crippen molar-refractivity contribution in [2.45, 2.75) is 26.3 Å². The number of rotatable bonds is 7. The van der Waals surface area contributed by atoms with Gasteiger partial charge in [-0.05, 0) is 55.3 Å². The third kappa shape index (κ3) is 4.55. The molecule has 1 aliphatic rings. The summed E-state index contributed by atoms with van der Waals surface area (Å²) >= 11 is 0.913. The first kappa shape index (κ1) is 24.9. The normalized spacial score (nSPS) is 16.9. The number of Topliss-reactive ketones (excluding diaryl/α,β-unsaturated/α-hetero) is 1. The van der Waals surface area contributed by atoms with Crippen molar-refractivity contribution in [3.05, 3.63) is 75.8 Å². The van der Waals surface area contributed by atoms with E-state index in [1.807, 2.05) is 6.92 Å². The Kier molecular flexibility index (Phi) is 7.07. The molecule has 0 saturated carbocycles. The van der Waals surface area contributed by atoms with Crippen molar-refractivity contribution in [2.24, 2.45) is 0 Å². The van der Waals surface area contributed by atoms with E-state index in [1.165, 1.54) is 19.2 Å². The molecule has 0 aliphatic carbocycles. The van der Waals surface area contributed by atoms with Gasteiger partial charge in [-0.15, -0.1) is 0 Å². The number of methoxy groups -OCH3 is 1. The summed E-state index contributed by atoms with van der Waals surface area (Å²) in [6, 6.07) is 11.4. The maximum absolute atomic E-state index is 13.2. The number of anilines is 1. The number of phenolic OH excluding ortho intramolecular Hbond substituents is 1. The summed E-state index contributed by atoms with van der Waals surface area (Å²) in [5.41, 5.74) is 0.992. The van der Waals surface area contributed by atoms with E-state index >= 15 is 0 Å². The number of aromatic nitrogens is 1. The molecule has 3 aromatic rings. The van der Waals surface area contributed by atoms with E-state index in [4.69, 9.17) is 9.47 Å². The molecular weight excluding hydrogens is 484 g/mol. The molecule has 10 heteroatoms. The van der Waals surface area contributed by atoms with Crippen LogP contribution < -0.4 is 9.64 Å². The van der Waals surface area contributed by atoms with Crippen molar-refractivity contribution in [3.8, 4) is 11.5 Å². The average molecular weight is 509 g/mol. The van der Waals surface area contributed by atoms with Gasteiger partial charge >= 0.3 is 11.9 Å². The first-order valence-corrected chi connectivity index (χ1v) is 12.0. The fraction of sp³-hybridized carbons (Fsp3) is 0.231. The van der Waals surface area contributed by atoms with Crippen molar-refractivity contribution in [2.75, 3.05) is 18.6 Å². The first-order chi connectivity index (χ1) is 17.3. The average Bonchev–Trinajstić information content (AvgIpc) is 3.39. The molecule has 1 amide bonds. The molecule has 2 aromatic carbocycles. The fourth-order valence-corrected chi connectivity index (χ4v) is 4.87. The van der Waals surface area contributed by atoms with Gasteiger partial charge in [0.25, 0.3) is 5.78 Å². The Bertz CT molecular complexity index is 1340. The number of hydrogen-bond donors (Lipinski definition) is 2. The summed E-state index contributed by atoms with van der Waals surface area (Å²) in [6.45, 7) is 4.12. The molecule has 1 fully saturated rings. The van der Waals surface area contributed by atoms with Crippen LogP contribution in [-0.4, -0.2) is 46.6 Å². The minimum atomic E-state index is -1.04. The lowest BCUT2D eigenvalue weighted by molar-refractivity contribution is -0.132. The van der Waals surface area contributed by atoms with Crippen molar-refractivity contribution in [3.63, 3.8) is 0 Å². The number of ether oxygens (including phenoxy) is 2. The number of benzene rings is 2. The number of aromatic hydroxyl groups is 1. The molecule has 1 saturated heterocycles. The molecule has 2 N–H and O–H groups in total. The van der Waals surface area contributed by atoms with Gasteiger partial charge in [-0.1, -0.05) is 30.4 Å². The van der Waals surface area contributed by atoms with Crippen LogP contribution in [0.15, 0.2) is 54.1 Å². The molecule has 4 rings (SSSR count). The van der Waals surface area contributed by atoms with Crippen LogP contribution in [0.25, 0.3) is 5.76 Å². The second kappa shape index (κ2) is 10.2. The largest absolute Gasteiger partial charge is 0.508 e. The number of thiazole rings is 1. The van der Waals surface area contributed by atoms with Crippen molar-refractivity contribution in [1.29, 1.82) is 0 Å². The molecule has 1 aliphatic heterocycles. The van der Waals surface area contributed by atoms with Gasteiger partial charge in [0.2, 0.25) is 0 Å². The molecular formula is C26H24N2O7S. The van der Waals surface area contributed by atoms with Gasteiger partial charge in [-0.3, -0.25) is 14.5 Å². The van der Waals surface area contributed by atoms with E-state index in [9.17, 15) is 24.6 Å². The lowest BCUT2D eigenvalue weighted by atomic mass is 9.95. The maximum Gasteiger partial charge on any atom is 0.350 e. The van der Waals surface area contributed by atoms with Crippen LogP contribution in [0.3, 0.4) is 0 Å². The summed E-state index contributed by atoms with van der Waals surface area (Å²) in [5, 5.41) is 21.1. The van der Waals surface area contributed by atoms with Crippen LogP contribution in [0.2, 0.25) is 0 Å². The highest BCUT2D eigenvalue weighted by molar-refractivity contribution is 7.17. The molecule has 0 radical (unpaired) electrons.